The number of hydrogen-bond acceptors (Lipinski definition) is 2. The fraction of sp³-hybridized carbons (Fsp3) is 0.381. The first-order chi connectivity index (χ1) is 11.2. The van der Waals surface area contributed by atoms with Gasteiger partial charge in [-0.15, -0.1) is 0 Å². The number of ketones is 1. The van der Waals surface area contributed by atoms with Crippen LogP contribution in [-0.4, -0.2) is 12.9 Å². The van der Waals surface area contributed by atoms with Gasteiger partial charge in [-0.3, -0.25) is 4.79 Å². The Kier molecular flexibility index (Phi) is 2.60. The molecule has 2 bridgehead atoms. The van der Waals surface area contributed by atoms with Gasteiger partial charge in [-0.1, -0.05) is 24.3 Å². The molecule has 2 heteroatoms. The van der Waals surface area contributed by atoms with Crippen LogP contribution < -0.4 is 4.74 Å². The van der Waals surface area contributed by atoms with Gasteiger partial charge in [0.05, 0.1) is 12.5 Å². The molecule has 2 aromatic rings. The molecule has 23 heavy (non-hydrogen) atoms. The highest BCUT2D eigenvalue weighted by Gasteiger charge is 2.55. The van der Waals surface area contributed by atoms with Crippen molar-refractivity contribution >= 4 is 16.6 Å². The number of ether oxygens (including phenoxy) is 1. The molecule has 0 saturated heterocycles. The van der Waals surface area contributed by atoms with Gasteiger partial charge in [0, 0.05) is 6.42 Å². The lowest BCUT2D eigenvalue weighted by atomic mass is 9.62. The van der Waals surface area contributed by atoms with E-state index in [1.807, 2.05) is 6.07 Å². The van der Waals surface area contributed by atoms with Crippen molar-refractivity contribution < 1.29 is 9.53 Å². The predicted molar refractivity (Wildman–Crippen MR) is 90.9 cm³/mol. The SMILES string of the molecule is COc1ccc2cc3c(cc2c1)C1(CC2C=CC1C2)C(=O)CC3. The molecule has 3 aliphatic carbocycles. The molecule has 2 aromatic carbocycles. The number of carbonyl (C=O) groups is 1. The summed E-state index contributed by atoms with van der Waals surface area (Å²) in [6, 6.07) is 10.8. The molecule has 3 unspecified atom stereocenters. The van der Waals surface area contributed by atoms with E-state index in [-0.39, 0.29) is 5.41 Å². The standard InChI is InChI=1S/C21H20O2/c1-23-18-6-3-14-9-15-4-7-20(22)21(19(15)11-16(14)10-18)12-13-2-5-17(21)8-13/h2-3,5-6,9-11,13,17H,4,7-8,12H2,1H3. The Morgan fingerprint density at radius 1 is 1.09 bits per heavy atom. The third-order valence-electron chi connectivity index (χ3n) is 6.26. The van der Waals surface area contributed by atoms with Crippen molar-refractivity contribution in [3.05, 3.63) is 53.6 Å². The van der Waals surface area contributed by atoms with E-state index in [0.717, 1.165) is 25.0 Å². The fourth-order valence-electron chi connectivity index (χ4n) is 5.18. The summed E-state index contributed by atoms with van der Waals surface area (Å²) in [6.45, 7) is 0. The fourth-order valence-corrected chi connectivity index (χ4v) is 5.18. The molecule has 0 heterocycles. The Morgan fingerprint density at radius 2 is 2.00 bits per heavy atom. The van der Waals surface area contributed by atoms with E-state index >= 15 is 0 Å². The second-order valence-electron chi connectivity index (χ2n) is 7.31. The number of hydrogen-bond donors (Lipinski definition) is 0. The third kappa shape index (κ3) is 1.67. The summed E-state index contributed by atoms with van der Waals surface area (Å²) in [5, 5.41) is 2.43. The lowest BCUT2D eigenvalue weighted by molar-refractivity contribution is -0.126. The van der Waals surface area contributed by atoms with E-state index in [1.54, 1.807) is 7.11 Å². The molecule has 3 aliphatic rings. The molecule has 0 radical (unpaired) electrons. The zero-order valence-corrected chi connectivity index (χ0v) is 13.3. The Bertz CT molecular complexity index is 864. The zero-order valence-electron chi connectivity index (χ0n) is 13.3. The molecule has 2 nitrogen and oxygen atoms in total. The molecule has 1 saturated carbocycles. The minimum atomic E-state index is -0.246. The van der Waals surface area contributed by atoms with Crippen LogP contribution >= 0.6 is 0 Å². The summed E-state index contributed by atoms with van der Waals surface area (Å²) in [7, 11) is 1.70. The van der Waals surface area contributed by atoms with Crippen molar-refractivity contribution in [3.63, 3.8) is 0 Å². The van der Waals surface area contributed by atoms with E-state index < -0.39 is 0 Å². The molecule has 0 aromatic heterocycles. The van der Waals surface area contributed by atoms with E-state index in [2.05, 4.69) is 36.4 Å². The van der Waals surface area contributed by atoms with Gasteiger partial charge in [0.1, 0.15) is 11.5 Å². The second-order valence-corrected chi connectivity index (χ2v) is 7.31. The smallest absolute Gasteiger partial charge is 0.144 e. The highest BCUT2D eigenvalue weighted by Crippen LogP contribution is 2.57. The lowest BCUT2D eigenvalue weighted by Gasteiger charge is -2.39. The number of fused-ring (bicyclic) bond motifs is 6. The monoisotopic (exact) mass is 304 g/mol. The van der Waals surface area contributed by atoms with Gasteiger partial charge in [0.2, 0.25) is 0 Å². The van der Waals surface area contributed by atoms with Gasteiger partial charge in [-0.05, 0) is 71.2 Å². The summed E-state index contributed by atoms with van der Waals surface area (Å²) in [5.74, 6) is 2.34. The van der Waals surface area contributed by atoms with Gasteiger partial charge < -0.3 is 4.74 Å². The molecule has 5 rings (SSSR count). The quantitative estimate of drug-likeness (QED) is 0.738. The normalized spacial score (nSPS) is 31.1. The van der Waals surface area contributed by atoms with Crippen LogP contribution in [0.4, 0.5) is 0 Å². The third-order valence-corrected chi connectivity index (χ3v) is 6.26. The van der Waals surface area contributed by atoms with Gasteiger partial charge in [-0.25, -0.2) is 0 Å². The number of allylic oxidation sites excluding steroid dienone is 2. The predicted octanol–water partition coefficient (Wildman–Crippen LogP) is 4.20. The van der Waals surface area contributed by atoms with Crippen molar-refractivity contribution in [2.75, 3.05) is 7.11 Å². The number of carbonyl (C=O) groups excluding carboxylic acids is 1. The highest BCUT2D eigenvalue weighted by molar-refractivity contribution is 5.96. The summed E-state index contributed by atoms with van der Waals surface area (Å²) < 4.78 is 5.38. The Morgan fingerprint density at radius 3 is 2.74 bits per heavy atom. The number of benzene rings is 2. The summed E-state index contributed by atoms with van der Waals surface area (Å²) in [4.78, 5) is 13.0. The molecule has 0 amide bonds. The maximum atomic E-state index is 13.0. The maximum absolute atomic E-state index is 13.0. The molecule has 116 valence electrons. The molecule has 3 atom stereocenters. The van der Waals surface area contributed by atoms with E-state index in [1.165, 1.54) is 21.9 Å². The molecule has 0 aliphatic heterocycles. The minimum absolute atomic E-state index is 0.246. The number of aryl methyl sites for hydroxylation is 1. The summed E-state index contributed by atoms with van der Waals surface area (Å²) >= 11 is 0. The van der Waals surface area contributed by atoms with Crippen LogP contribution in [0.5, 0.6) is 5.75 Å². The number of methoxy groups -OCH3 is 1. The Hall–Kier alpha value is -2.09. The van der Waals surface area contributed by atoms with Crippen LogP contribution in [0.2, 0.25) is 0 Å². The number of rotatable bonds is 1. The lowest BCUT2D eigenvalue weighted by Crippen LogP contribution is -2.43. The van der Waals surface area contributed by atoms with E-state index in [0.29, 0.717) is 24.0 Å². The second kappa shape index (κ2) is 4.47. The average molecular weight is 304 g/mol. The van der Waals surface area contributed by atoms with Crippen LogP contribution in [0.3, 0.4) is 0 Å². The molecular weight excluding hydrogens is 284 g/mol. The summed E-state index contributed by atoms with van der Waals surface area (Å²) in [6.07, 6.45) is 8.38. The van der Waals surface area contributed by atoms with E-state index in [4.69, 9.17) is 4.74 Å². The van der Waals surface area contributed by atoms with Crippen LogP contribution in [0.25, 0.3) is 10.8 Å². The first kappa shape index (κ1) is 13.4. The first-order valence-corrected chi connectivity index (χ1v) is 8.53. The van der Waals surface area contributed by atoms with Crippen LogP contribution in [0.15, 0.2) is 42.5 Å². The van der Waals surface area contributed by atoms with Crippen LogP contribution in [0.1, 0.15) is 30.4 Å². The van der Waals surface area contributed by atoms with Crippen LogP contribution in [-0.2, 0) is 16.6 Å². The maximum Gasteiger partial charge on any atom is 0.144 e. The van der Waals surface area contributed by atoms with Crippen molar-refractivity contribution in [3.8, 4) is 5.75 Å². The first-order valence-electron chi connectivity index (χ1n) is 8.53. The highest BCUT2D eigenvalue weighted by atomic mass is 16.5. The Balaban J connectivity index is 1.77. The molecule has 0 N–H and O–H groups in total. The molecule has 1 spiro atoms. The number of Topliss-reactive ketones (excluding diaryl/α,β-unsaturated/α-hetero) is 1. The van der Waals surface area contributed by atoms with Gasteiger partial charge >= 0.3 is 0 Å². The minimum Gasteiger partial charge on any atom is -0.497 e. The van der Waals surface area contributed by atoms with Crippen LogP contribution in [0, 0.1) is 11.8 Å². The zero-order chi connectivity index (χ0) is 15.6. The van der Waals surface area contributed by atoms with Crippen molar-refractivity contribution in [1.82, 2.24) is 0 Å². The molecule has 1 fully saturated rings. The summed E-state index contributed by atoms with van der Waals surface area (Å²) in [5.41, 5.74) is 2.43. The average Bonchev–Trinajstić information content (AvgIpc) is 3.19. The van der Waals surface area contributed by atoms with Crippen molar-refractivity contribution in [1.29, 1.82) is 0 Å². The Labute approximate surface area is 136 Å². The van der Waals surface area contributed by atoms with Gasteiger partial charge in [0.25, 0.3) is 0 Å². The van der Waals surface area contributed by atoms with Crippen molar-refractivity contribution in [2.45, 2.75) is 31.1 Å². The van der Waals surface area contributed by atoms with Crippen molar-refractivity contribution in [2.24, 2.45) is 11.8 Å². The largest absolute Gasteiger partial charge is 0.497 e. The van der Waals surface area contributed by atoms with E-state index in [9.17, 15) is 4.79 Å². The van der Waals surface area contributed by atoms with Gasteiger partial charge in [-0.2, -0.15) is 0 Å². The molecular formula is C21H20O2. The van der Waals surface area contributed by atoms with Gasteiger partial charge in [0.15, 0.2) is 0 Å². The topological polar surface area (TPSA) is 26.3 Å².